The van der Waals surface area contributed by atoms with Crippen molar-refractivity contribution in [3.63, 3.8) is 0 Å². The quantitative estimate of drug-likeness (QED) is 0.579. The van der Waals surface area contributed by atoms with Gasteiger partial charge in [-0.05, 0) is 61.7 Å². The summed E-state index contributed by atoms with van der Waals surface area (Å²) >= 11 is 6.36. The van der Waals surface area contributed by atoms with E-state index >= 15 is 0 Å². The van der Waals surface area contributed by atoms with Gasteiger partial charge in [-0.15, -0.1) is 0 Å². The minimum absolute atomic E-state index is 0.382. The van der Waals surface area contributed by atoms with Crippen LogP contribution in [-0.2, 0) is 12.8 Å². The van der Waals surface area contributed by atoms with Gasteiger partial charge in [0.2, 0.25) is 0 Å². The van der Waals surface area contributed by atoms with Gasteiger partial charge in [-0.2, -0.15) is 0 Å². The van der Waals surface area contributed by atoms with Gasteiger partial charge < -0.3 is 19.9 Å². The van der Waals surface area contributed by atoms with E-state index in [1.165, 1.54) is 5.56 Å². The summed E-state index contributed by atoms with van der Waals surface area (Å²) in [6, 6.07) is 12.0. The van der Waals surface area contributed by atoms with Crippen LogP contribution in [0.1, 0.15) is 31.4 Å². The number of ether oxygens (including phenoxy) is 3. The molecule has 0 saturated carbocycles. The maximum atomic E-state index is 6.36. The largest absolute Gasteiger partial charge is 0.490 e. The van der Waals surface area contributed by atoms with Crippen molar-refractivity contribution in [3.8, 4) is 17.2 Å². The first-order valence-corrected chi connectivity index (χ1v) is 9.55. The Morgan fingerprint density at radius 1 is 0.885 bits per heavy atom. The minimum atomic E-state index is 0.382. The van der Waals surface area contributed by atoms with Gasteiger partial charge in [-0.1, -0.05) is 37.1 Å². The molecule has 0 amide bonds. The molecule has 4 nitrogen and oxygen atoms in total. The molecule has 2 aromatic rings. The van der Waals surface area contributed by atoms with Gasteiger partial charge in [0.25, 0.3) is 0 Å². The maximum Gasteiger partial charge on any atom is 0.179 e. The second-order valence-corrected chi connectivity index (χ2v) is 6.37. The van der Waals surface area contributed by atoms with Gasteiger partial charge in [0.1, 0.15) is 19.0 Å². The highest BCUT2D eigenvalue weighted by atomic mass is 35.5. The third-order valence-electron chi connectivity index (χ3n) is 3.86. The zero-order valence-corrected chi connectivity index (χ0v) is 16.3. The lowest BCUT2D eigenvalue weighted by Crippen LogP contribution is -2.11. The first-order valence-electron chi connectivity index (χ1n) is 9.17. The number of hydrogen-bond donors (Lipinski definition) is 1. The maximum absolute atomic E-state index is 6.36. The Bertz CT molecular complexity index is 674. The van der Waals surface area contributed by atoms with E-state index in [-0.39, 0.29) is 0 Å². The average Bonchev–Trinajstić information content (AvgIpc) is 2.62. The van der Waals surface area contributed by atoms with E-state index in [0.717, 1.165) is 30.6 Å². The summed E-state index contributed by atoms with van der Waals surface area (Å²) in [5.74, 6) is 2.03. The van der Waals surface area contributed by atoms with E-state index in [1.54, 1.807) is 0 Å². The molecule has 0 bridgehead atoms. The van der Waals surface area contributed by atoms with Crippen LogP contribution in [-0.4, -0.2) is 26.4 Å². The van der Waals surface area contributed by atoms with E-state index in [4.69, 9.17) is 31.5 Å². The van der Waals surface area contributed by atoms with Crippen LogP contribution < -0.4 is 19.9 Å². The molecule has 26 heavy (non-hydrogen) atoms. The van der Waals surface area contributed by atoms with Crippen molar-refractivity contribution in [3.05, 3.63) is 52.5 Å². The van der Waals surface area contributed by atoms with Crippen LogP contribution in [0.5, 0.6) is 17.2 Å². The second kappa shape index (κ2) is 10.9. The van der Waals surface area contributed by atoms with Gasteiger partial charge in [0.15, 0.2) is 11.5 Å². The van der Waals surface area contributed by atoms with E-state index in [2.05, 4.69) is 19.1 Å². The lowest BCUT2D eigenvalue weighted by molar-refractivity contribution is 0.208. The van der Waals surface area contributed by atoms with Gasteiger partial charge in [0, 0.05) is 0 Å². The van der Waals surface area contributed by atoms with Crippen LogP contribution in [0.15, 0.2) is 36.4 Å². The molecule has 5 heteroatoms. The molecule has 2 N–H and O–H groups in total. The van der Waals surface area contributed by atoms with Gasteiger partial charge in [-0.25, -0.2) is 0 Å². The summed E-state index contributed by atoms with van der Waals surface area (Å²) in [7, 11) is 0. The molecular weight excluding hydrogens is 350 g/mol. The molecule has 0 aliphatic rings. The molecule has 2 rings (SSSR count). The number of nitrogens with two attached hydrogens (primary N) is 1. The molecule has 0 heterocycles. The molecular formula is C21H28ClNO3. The lowest BCUT2D eigenvalue weighted by Gasteiger charge is -2.15. The monoisotopic (exact) mass is 377 g/mol. The zero-order valence-electron chi connectivity index (χ0n) is 15.6. The van der Waals surface area contributed by atoms with Crippen LogP contribution in [0.25, 0.3) is 0 Å². The fraction of sp³-hybridized carbons (Fsp3) is 0.429. The fourth-order valence-electron chi connectivity index (χ4n) is 2.68. The number of aryl methyl sites for hydroxylation is 1. The number of rotatable bonds is 11. The summed E-state index contributed by atoms with van der Waals surface area (Å²) in [6.07, 6.45) is 2.97. The van der Waals surface area contributed by atoms with Crippen molar-refractivity contribution in [2.24, 2.45) is 5.73 Å². The summed E-state index contributed by atoms with van der Waals surface area (Å²) in [5, 5.41) is 0.531. The highest BCUT2D eigenvalue weighted by molar-refractivity contribution is 6.32. The molecule has 0 aromatic heterocycles. The molecule has 0 radical (unpaired) electrons. The van der Waals surface area contributed by atoms with Crippen LogP contribution in [0, 0.1) is 0 Å². The Morgan fingerprint density at radius 3 is 2.27 bits per heavy atom. The smallest absolute Gasteiger partial charge is 0.179 e. The van der Waals surface area contributed by atoms with E-state index in [9.17, 15) is 0 Å². The van der Waals surface area contributed by atoms with Crippen molar-refractivity contribution in [1.29, 1.82) is 0 Å². The second-order valence-electron chi connectivity index (χ2n) is 5.97. The number of halogens is 1. The third kappa shape index (κ3) is 6.11. The molecule has 0 aliphatic carbocycles. The van der Waals surface area contributed by atoms with Crippen molar-refractivity contribution < 1.29 is 14.2 Å². The van der Waals surface area contributed by atoms with Crippen molar-refractivity contribution in [2.75, 3.05) is 26.4 Å². The van der Waals surface area contributed by atoms with E-state index < -0.39 is 0 Å². The SMILES string of the molecule is CCCc1ccc(OCCOc2c(Cl)cc(CCN)cc2OCC)cc1. The van der Waals surface area contributed by atoms with Crippen LogP contribution in [0.2, 0.25) is 5.02 Å². The Balaban J connectivity index is 1.91. The highest BCUT2D eigenvalue weighted by Gasteiger charge is 2.12. The summed E-state index contributed by atoms with van der Waals surface area (Å²) in [6.45, 7) is 6.02. The van der Waals surface area contributed by atoms with Crippen molar-refractivity contribution in [1.82, 2.24) is 0 Å². The molecule has 0 atom stereocenters. The van der Waals surface area contributed by atoms with Crippen molar-refractivity contribution in [2.45, 2.75) is 33.1 Å². The molecule has 0 fully saturated rings. The standard InChI is InChI=1S/C21H28ClNO3/c1-3-5-16-6-8-18(9-7-16)25-12-13-26-21-19(22)14-17(10-11-23)15-20(21)24-4-2/h6-9,14-15H,3-5,10-13,23H2,1-2H3. The molecule has 0 aliphatic heterocycles. The molecule has 2 aromatic carbocycles. The summed E-state index contributed by atoms with van der Waals surface area (Å²) in [5.41, 5.74) is 7.98. The molecule has 0 saturated heterocycles. The normalized spacial score (nSPS) is 10.6. The first-order chi connectivity index (χ1) is 12.7. The number of hydrogen-bond acceptors (Lipinski definition) is 4. The molecule has 142 valence electrons. The van der Waals surface area contributed by atoms with Crippen molar-refractivity contribution >= 4 is 11.6 Å². The topological polar surface area (TPSA) is 53.7 Å². The summed E-state index contributed by atoms with van der Waals surface area (Å²) < 4.78 is 17.2. The predicted molar refractivity (Wildman–Crippen MR) is 107 cm³/mol. The molecule has 0 unspecified atom stereocenters. The van der Waals surface area contributed by atoms with Crippen LogP contribution >= 0.6 is 11.6 Å². The van der Waals surface area contributed by atoms with Crippen LogP contribution in [0.4, 0.5) is 0 Å². The van der Waals surface area contributed by atoms with Gasteiger partial charge in [0.05, 0.1) is 11.6 Å². The Morgan fingerprint density at radius 2 is 1.62 bits per heavy atom. The fourth-order valence-corrected chi connectivity index (χ4v) is 2.97. The van der Waals surface area contributed by atoms with Gasteiger partial charge in [-0.3, -0.25) is 0 Å². The Kier molecular flexibility index (Phi) is 8.59. The van der Waals surface area contributed by atoms with E-state index in [0.29, 0.717) is 42.9 Å². The first kappa shape index (κ1) is 20.4. The summed E-state index contributed by atoms with van der Waals surface area (Å²) in [4.78, 5) is 0. The highest BCUT2D eigenvalue weighted by Crippen LogP contribution is 2.36. The average molecular weight is 378 g/mol. The Hall–Kier alpha value is -1.91. The van der Waals surface area contributed by atoms with Gasteiger partial charge >= 0.3 is 0 Å². The minimum Gasteiger partial charge on any atom is -0.490 e. The zero-order chi connectivity index (χ0) is 18.8. The third-order valence-corrected chi connectivity index (χ3v) is 4.14. The lowest BCUT2D eigenvalue weighted by atomic mass is 10.1. The van der Waals surface area contributed by atoms with Crippen LogP contribution in [0.3, 0.4) is 0 Å². The predicted octanol–water partition coefficient (Wildman–Crippen LogP) is 4.65. The Labute approximate surface area is 161 Å². The number of benzene rings is 2. The van der Waals surface area contributed by atoms with E-state index in [1.807, 2.05) is 31.2 Å². The molecule has 0 spiro atoms.